The lowest BCUT2D eigenvalue weighted by Gasteiger charge is -2.22. The topological polar surface area (TPSA) is 237 Å². The Kier molecular flexibility index (Phi) is 12.1. The van der Waals surface area contributed by atoms with Gasteiger partial charge < -0.3 is 38.3 Å². The molecule has 4 atom stereocenters. The summed E-state index contributed by atoms with van der Waals surface area (Å²) in [6.07, 6.45) is 0.885. The van der Waals surface area contributed by atoms with Gasteiger partial charge in [-0.2, -0.15) is 11.8 Å². The molecule has 14 heteroatoms. The van der Waals surface area contributed by atoms with Crippen molar-refractivity contribution in [1.82, 2.24) is 16.0 Å². The first kappa shape index (κ1) is 27.1. The Balaban J connectivity index is 5.05. The van der Waals surface area contributed by atoms with Crippen LogP contribution in [0.15, 0.2) is 0 Å². The number of carbonyl (C=O) groups is 6. The van der Waals surface area contributed by atoms with Crippen LogP contribution in [-0.2, 0) is 28.8 Å². The van der Waals surface area contributed by atoms with E-state index >= 15 is 0 Å². The normalized spacial score (nSPS) is 14.5. The van der Waals surface area contributed by atoms with Crippen molar-refractivity contribution in [2.75, 3.05) is 12.0 Å². The van der Waals surface area contributed by atoms with Crippen LogP contribution in [0, 0.1) is 0 Å². The Morgan fingerprint density at radius 3 is 1.87 bits per heavy atom. The molecule has 0 aliphatic heterocycles. The number of nitrogens with two attached hydrogens (primary N) is 3. The predicted octanol–water partition coefficient (Wildman–Crippen LogP) is -3.62. The molecule has 0 aliphatic carbocycles. The Hall–Kier alpha value is -2.87. The summed E-state index contributed by atoms with van der Waals surface area (Å²) >= 11 is 1.41. The highest BCUT2D eigenvalue weighted by molar-refractivity contribution is 7.98. The summed E-state index contributed by atoms with van der Waals surface area (Å²) in [4.78, 5) is 69.9. The zero-order chi connectivity index (χ0) is 23.4. The largest absolute Gasteiger partial charge is 0.480 e. The van der Waals surface area contributed by atoms with E-state index in [2.05, 4.69) is 16.0 Å². The number of amides is 5. The van der Waals surface area contributed by atoms with E-state index in [0.717, 1.165) is 0 Å². The second kappa shape index (κ2) is 13.4. The second-order valence-corrected chi connectivity index (χ2v) is 7.41. The summed E-state index contributed by atoms with van der Waals surface area (Å²) in [6, 6.07) is -5.13. The molecule has 0 aromatic heterocycles. The maximum atomic E-state index is 12.4. The van der Waals surface area contributed by atoms with Crippen molar-refractivity contribution < 1.29 is 33.9 Å². The average Bonchev–Trinajstić information content (AvgIpc) is 2.62. The monoisotopic (exact) mass is 448 g/mol. The van der Waals surface area contributed by atoms with Crippen molar-refractivity contribution in [1.29, 1.82) is 0 Å². The summed E-state index contributed by atoms with van der Waals surface area (Å²) in [6.45, 7) is 1.29. The van der Waals surface area contributed by atoms with Gasteiger partial charge in [0.05, 0.1) is 18.9 Å². The lowest BCUT2D eigenvalue weighted by molar-refractivity contribution is -0.142. The first-order chi connectivity index (χ1) is 13.9. The van der Waals surface area contributed by atoms with Gasteiger partial charge in [0, 0.05) is 0 Å². The Morgan fingerprint density at radius 2 is 1.40 bits per heavy atom. The molecule has 0 fully saturated rings. The molecule has 0 radical (unpaired) electrons. The number of rotatable bonds is 14. The van der Waals surface area contributed by atoms with Crippen LogP contribution in [-0.4, -0.2) is 76.8 Å². The molecule has 0 saturated carbocycles. The van der Waals surface area contributed by atoms with Crippen LogP contribution in [0.1, 0.15) is 26.2 Å². The molecule has 0 heterocycles. The Morgan fingerprint density at radius 1 is 0.867 bits per heavy atom. The van der Waals surface area contributed by atoms with Gasteiger partial charge in [-0.05, 0) is 25.4 Å². The van der Waals surface area contributed by atoms with Gasteiger partial charge in [0.25, 0.3) is 0 Å². The van der Waals surface area contributed by atoms with Crippen molar-refractivity contribution in [3.8, 4) is 0 Å². The standard InChI is InChI=1S/C16H28N6O7S/c1-7(13(25)21-9(16(28)29)3-4-30-2)20-15(27)10(6-12(19)24)22-14(26)8(17)5-11(18)23/h7-10H,3-6,17H2,1-2H3,(H2,18,23)(H2,19,24)(H,20,27)(H,21,25)(H,22,26)(H,28,29). The number of primary amides is 2. The molecule has 0 saturated heterocycles. The van der Waals surface area contributed by atoms with Gasteiger partial charge in [-0.25, -0.2) is 4.79 Å². The highest BCUT2D eigenvalue weighted by atomic mass is 32.2. The lowest BCUT2D eigenvalue weighted by Crippen LogP contribution is -2.57. The van der Waals surface area contributed by atoms with Crippen LogP contribution in [0.5, 0.6) is 0 Å². The van der Waals surface area contributed by atoms with Crippen molar-refractivity contribution in [2.45, 2.75) is 50.4 Å². The minimum Gasteiger partial charge on any atom is -0.480 e. The molecule has 170 valence electrons. The fraction of sp³-hybridized carbons (Fsp3) is 0.625. The van der Waals surface area contributed by atoms with Gasteiger partial charge in [-0.15, -0.1) is 0 Å². The molecule has 5 amide bonds. The van der Waals surface area contributed by atoms with Crippen LogP contribution in [0.3, 0.4) is 0 Å². The lowest BCUT2D eigenvalue weighted by atomic mass is 10.1. The highest BCUT2D eigenvalue weighted by Gasteiger charge is 2.29. The third-order valence-electron chi connectivity index (χ3n) is 3.77. The van der Waals surface area contributed by atoms with Crippen molar-refractivity contribution in [3.05, 3.63) is 0 Å². The van der Waals surface area contributed by atoms with E-state index in [4.69, 9.17) is 22.3 Å². The van der Waals surface area contributed by atoms with E-state index in [-0.39, 0.29) is 6.42 Å². The zero-order valence-electron chi connectivity index (χ0n) is 16.7. The number of aliphatic carboxylic acids is 1. The van der Waals surface area contributed by atoms with Gasteiger partial charge in [-0.1, -0.05) is 0 Å². The first-order valence-corrected chi connectivity index (χ1v) is 10.2. The summed E-state index contributed by atoms with van der Waals surface area (Å²) in [5, 5.41) is 15.9. The number of hydrogen-bond donors (Lipinski definition) is 7. The third-order valence-corrected chi connectivity index (χ3v) is 4.42. The average molecular weight is 449 g/mol. The van der Waals surface area contributed by atoms with E-state index in [9.17, 15) is 28.8 Å². The van der Waals surface area contributed by atoms with Gasteiger partial charge in [0.1, 0.15) is 18.1 Å². The van der Waals surface area contributed by atoms with Gasteiger partial charge in [0.15, 0.2) is 0 Å². The number of nitrogens with one attached hydrogen (secondary N) is 3. The molecule has 0 aromatic rings. The summed E-state index contributed by atoms with van der Waals surface area (Å²) < 4.78 is 0. The van der Waals surface area contributed by atoms with Crippen molar-refractivity contribution in [2.24, 2.45) is 17.2 Å². The van der Waals surface area contributed by atoms with Crippen LogP contribution in [0.2, 0.25) is 0 Å². The summed E-state index contributed by atoms with van der Waals surface area (Å²) in [5.41, 5.74) is 15.5. The first-order valence-electron chi connectivity index (χ1n) is 8.84. The SMILES string of the molecule is CSCCC(NC(=O)C(C)NC(=O)C(CC(N)=O)NC(=O)C(N)CC(N)=O)C(=O)O. The Bertz CT molecular complexity index is 674. The second-order valence-electron chi connectivity index (χ2n) is 6.42. The predicted molar refractivity (Wildman–Crippen MR) is 108 cm³/mol. The number of thioether (sulfide) groups is 1. The van der Waals surface area contributed by atoms with Crippen LogP contribution >= 0.6 is 11.8 Å². The van der Waals surface area contributed by atoms with Gasteiger partial charge in [-0.3, -0.25) is 24.0 Å². The quantitative estimate of drug-likeness (QED) is 0.139. The third kappa shape index (κ3) is 10.6. The Labute approximate surface area is 177 Å². The van der Waals surface area contributed by atoms with E-state index in [1.54, 1.807) is 6.26 Å². The molecular formula is C16H28N6O7S. The van der Waals surface area contributed by atoms with E-state index < -0.39 is 72.5 Å². The molecule has 0 aromatic carbocycles. The van der Waals surface area contributed by atoms with Crippen LogP contribution in [0.25, 0.3) is 0 Å². The van der Waals surface area contributed by atoms with Crippen molar-refractivity contribution in [3.63, 3.8) is 0 Å². The van der Waals surface area contributed by atoms with Gasteiger partial charge >= 0.3 is 5.97 Å². The number of carbonyl (C=O) groups excluding carboxylic acids is 5. The smallest absolute Gasteiger partial charge is 0.326 e. The molecule has 10 N–H and O–H groups in total. The fourth-order valence-electron chi connectivity index (χ4n) is 2.17. The molecule has 13 nitrogen and oxygen atoms in total. The summed E-state index contributed by atoms with van der Waals surface area (Å²) in [7, 11) is 0. The highest BCUT2D eigenvalue weighted by Crippen LogP contribution is 2.02. The molecule has 0 bridgehead atoms. The van der Waals surface area contributed by atoms with Crippen molar-refractivity contribution >= 4 is 47.3 Å². The van der Waals surface area contributed by atoms with Gasteiger partial charge in [0.2, 0.25) is 29.5 Å². The van der Waals surface area contributed by atoms with E-state index in [0.29, 0.717) is 5.75 Å². The molecule has 4 unspecified atom stereocenters. The maximum Gasteiger partial charge on any atom is 0.326 e. The van der Waals surface area contributed by atoms with E-state index in [1.165, 1.54) is 18.7 Å². The minimum absolute atomic E-state index is 0.182. The number of hydrogen-bond acceptors (Lipinski definition) is 8. The number of carboxylic acids is 1. The molecule has 30 heavy (non-hydrogen) atoms. The summed E-state index contributed by atoms with van der Waals surface area (Å²) in [5.74, 6) is -5.10. The van der Waals surface area contributed by atoms with Crippen LogP contribution in [0.4, 0.5) is 0 Å². The molecule has 0 aliphatic rings. The number of carboxylic acid groups (broad SMARTS) is 1. The van der Waals surface area contributed by atoms with E-state index in [1.807, 2.05) is 0 Å². The zero-order valence-corrected chi connectivity index (χ0v) is 17.5. The minimum atomic E-state index is -1.46. The fourth-order valence-corrected chi connectivity index (χ4v) is 2.64. The molecule has 0 rings (SSSR count). The van der Waals surface area contributed by atoms with Crippen LogP contribution < -0.4 is 33.2 Å². The molecular weight excluding hydrogens is 420 g/mol. The molecule has 0 spiro atoms. The maximum absolute atomic E-state index is 12.4.